The first-order valence-corrected chi connectivity index (χ1v) is 11.3. The number of allylic oxidation sites excluding steroid dienone is 5. The fourth-order valence-electron chi connectivity index (χ4n) is 4.57. The second kappa shape index (κ2) is 9.15. The summed E-state index contributed by atoms with van der Waals surface area (Å²) < 4.78 is 0. The van der Waals surface area contributed by atoms with E-state index >= 15 is 0 Å². The molecule has 0 heterocycles. The van der Waals surface area contributed by atoms with Crippen molar-refractivity contribution in [3.8, 4) is 0 Å². The molecule has 4 heteroatoms. The molecule has 158 valence electrons. The zero-order valence-corrected chi connectivity index (χ0v) is 18.7. The minimum absolute atomic E-state index is 0.351. The lowest BCUT2D eigenvalue weighted by molar-refractivity contribution is 0.100. The van der Waals surface area contributed by atoms with Crippen LogP contribution in [0.15, 0.2) is 76.0 Å². The van der Waals surface area contributed by atoms with Gasteiger partial charge in [-0.1, -0.05) is 61.9 Å². The Balaban J connectivity index is 1.95. The molecular formula is C27H26ClNO2. The molecule has 0 aliphatic heterocycles. The number of hydrogen-bond acceptors (Lipinski definition) is 2. The number of halogens is 1. The highest BCUT2D eigenvalue weighted by atomic mass is 35.5. The van der Waals surface area contributed by atoms with Gasteiger partial charge in [0, 0.05) is 15.8 Å². The Morgan fingerprint density at radius 1 is 1.00 bits per heavy atom. The lowest BCUT2D eigenvalue weighted by Gasteiger charge is -2.21. The summed E-state index contributed by atoms with van der Waals surface area (Å²) in [5.74, 6) is -0.253. The van der Waals surface area contributed by atoms with Gasteiger partial charge >= 0.3 is 5.91 Å². The Morgan fingerprint density at radius 3 is 2.45 bits per heavy atom. The molecule has 0 fully saturated rings. The van der Waals surface area contributed by atoms with Crippen LogP contribution in [0.2, 0.25) is 0 Å². The lowest BCUT2D eigenvalue weighted by Crippen LogP contribution is -2.03. The van der Waals surface area contributed by atoms with Gasteiger partial charge in [-0.15, -0.1) is 4.91 Å². The van der Waals surface area contributed by atoms with Crippen LogP contribution in [0.5, 0.6) is 0 Å². The minimum Gasteiger partial charge on any atom is -0.263 e. The number of carbonyl (C=O) groups excluding carboxylic acids is 1. The molecule has 4 rings (SSSR count). The lowest BCUT2D eigenvalue weighted by atomic mass is 9.84. The summed E-state index contributed by atoms with van der Waals surface area (Å²) in [6, 6.07) is 14.3. The van der Waals surface area contributed by atoms with E-state index in [0.29, 0.717) is 11.5 Å². The highest BCUT2D eigenvalue weighted by Gasteiger charge is 2.24. The molecule has 0 N–H and O–H groups in total. The van der Waals surface area contributed by atoms with E-state index in [0.717, 1.165) is 53.8 Å². The predicted molar refractivity (Wildman–Crippen MR) is 127 cm³/mol. The molecule has 0 radical (unpaired) electrons. The molecule has 3 nitrogen and oxygen atoms in total. The topological polar surface area (TPSA) is 46.5 Å². The number of nitroso groups, excluding NO2 is 1. The smallest absolute Gasteiger partial charge is 0.263 e. The fourth-order valence-corrected chi connectivity index (χ4v) is 4.87. The number of aryl methyl sites for hydroxylation is 1. The molecule has 2 aromatic rings. The maximum Gasteiger partial charge on any atom is 0.316 e. The minimum atomic E-state index is -0.720. The van der Waals surface area contributed by atoms with Crippen molar-refractivity contribution in [3.63, 3.8) is 0 Å². The largest absolute Gasteiger partial charge is 0.316 e. The van der Waals surface area contributed by atoms with Crippen molar-refractivity contribution in [2.75, 3.05) is 0 Å². The number of amides is 1. The molecule has 0 spiro atoms. The Hall–Kier alpha value is -2.78. The molecule has 2 aromatic carbocycles. The first-order chi connectivity index (χ1) is 15.0. The van der Waals surface area contributed by atoms with Gasteiger partial charge in [0.1, 0.15) is 0 Å². The Labute approximate surface area is 188 Å². The van der Waals surface area contributed by atoms with Gasteiger partial charge in [-0.05, 0) is 95.2 Å². The van der Waals surface area contributed by atoms with Crippen LogP contribution in [0, 0.1) is 4.91 Å². The van der Waals surface area contributed by atoms with Gasteiger partial charge < -0.3 is 0 Å². The van der Waals surface area contributed by atoms with Gasteiger partial charge in [-0.3, -0.25) is 4.79 Å². The highest BCUT2D eigenvalue weighted by Crippen LogP contribution is 2.42. The molecule has 2 aliphatic rings. The summed E-state index contributed by atoms with van der Waals surface area (Å²) >= 11 is 6.67. The van der Waals surface area contributed by atoms with Gasteiger partial charge in [-0.2, -0.15) is 0 Å². The van der Waals surface area contributed by atoms with E-state index in [1.807, 2.05) is 18.2 Å². The Morgan fingerprint density at radius 2 is 1.77 bits per heavy atom. The van der Waals surface area contributed by atoms with Crippen LogP contribution < -0.4 is 0 Å². The third-order valence-corrected chi connectivity index (χ3v) is 6.58. The second-order valence-corrected chi connectivity index (χ2v) is 8.93. The van der Waals surface area contributed by atoms with Crippen LogP contribution in [0.4, 0.5) is 0 Å². The maximum atomic E-state index is 11.9. The first kappa shape index (κ1) is 21.5. The number of benzene rings is 2. The van der Waals surface area contributed by atoms with E-state index in [4.69, 9.17) is 11.6 Å². The van der Waals surface area contributed by atoms with Crippen molar-refractivity contribution >= 4 is 23.1 Å². The van der Waals surface area contributed by atoms with Crippen molar-refractivity contribution in [1.29, 1.82) is 0 Å². The third-order valence-electron chi connectivity index (χ3n) is 6.22. The average Bonchev–Trinajstić information content (AvgIpc) is 2.98. The molecule has 0 aromatic heterocycles. The molecule has 31 heavy (non-hydrogen) atoms. The van der Waals surface area contributed by atoms with Crippen molar-refractivity contribution in [1.82, 2.24) is 0 Å². The molecule has 0 saturated carbocycles. The number of hydrogen-bond donors (Lipinski definition) is 0. The van der Waals surface area contributed by atoms with Gasteiger partial charge in [0.05, 0.1) is 0 Å². The van der Waals surface area contributed by atoms with Crippen molar-refractivity contribution in [2.45, 2.75) is 51.9 Å². The third kappa shape index (κ3) is 4.33. The summed E-state index contributed by atoms with van der Waals surface area (Å²) in [4.78, 5) is 22.6. The van der Waals surface area contributed by atoms with Crippen LogP contribution in [0.25, 0.3) is 5.57 Å². The van der Waals surface area contributed by atoms with Crippen LogP contribution in [0.3, 0.4) is 0 Å². The summed E-state index contributed by atoms with van der Waals surface area (Å²) in [5.41, 5.74) is 8.69. The molecule has 0 saturated heterocycles. The summed E-state index contributed by atoms with van der Waals surface area (Å²) in [5, 5.41) is 3.42. The molecular weight excluding hydrogens is 406 g/mol. The van der Waals surface area contributed by atoms with E-state index in [-0.39, 0.29) is 0 Å². The standard InChI is InChI=1S/C27H26ClNO2/c1-17(2)18-10-12-19(13-11-18)26-22-15-14-21(27(30)29-31)16-20(22)6-5-8-24(26)23-7-3-4-9-25(23)28/h4,9-17H,3,5-8H2,1-2H3. The van der Waals surface area contributed by atoms with Crippen LogP contribution >= 0.6 is 11.6 Å². The van der Waals surface area contributed by atoms with Crippen LogP contribution in [-0.2, 0) is 6.42 Å². The molecule has 2 aliphatic carbocycles. The Kier molecular flexibility index (Phi) is 6.33. The van der Waals surface area contributed by atoms with Crippen LogP contribution in [0.1, 0.15) is 78.1 Å². The Bertz CT molecular complexity index is 1120. The first-order valence-electron chi connectivity index (χ1n) is 10.9. The zero-order valence-electron chi connectivity index (χ0n) is 18.0. The molecule has 1 amide bonds. The van der Waals surface area contributed by atoms with E-state index in [1.165, 1.54) is 22.3 Å². The zero-order chi connectivity index (χ0) is 22.0. The quantitative estimate of drug-likeness (QED) is 0.465. The van der Waals surface area contributed by atoms with E-state index < -0.39 is 5.91 Å². The second-order valence-electron chi connectivity index (χ2n) is 8.52. The predicted octanol–water partition coefficient (Wildman–Crippen LogP) is 7.70. The normalized spacial score (nSPS) is 16.4. The average molecular weight is 432 g/mol. The van der Waals surface area contributed by atoms with Crippen molar-refractivity contribution in [2.24, 2.45) is 5.18 Å². The number of fused-ring (bicyclic) bond motifs is 1. The molecule has 0 atom stereocenters. The molecule has 0 bridgehead atoms. The summed E-state index contributed by atoms with van der Waals surface area (Å²) in [6.07, 6.45) is 8.77. The van der Waals surface area contributed by atoms with Gasteiger partial charge in [0.25, 0.3) is 0 Å². The number of rotatable bonds is 4. The van der Waals surface area contributed by atoms with E-state index in [9.17, 15) is 9.70 Å². The van der Waals surface area contributed by atoms with E-state index in [1.54, 1.807) is 6.07 Å². The number of carbonyl (C=O) groups is 1. The molecule has 0 unspecified atom stereocenters. The fraction of sp³-hybridized carbons (Fsp3) is 0.296. The summed E-state index contributed by atoms with van der Waals surface area (Å²) in [6.45, 7) is 4.39. The SMILES string of the molecule is CC(C)c1ccc(C2=C(C3=C(Cl)C=CCC3)CCCc3cc(C(=O)N=O)ccc32)cc1. The monoisotopic (exact) mass is 431 g/mol. The van der Waals surface area contributed by atoms with Gasteiger partial charge in [0.2, 0.25) is 0 Å². The van der Waals surface area contributed by atoms with Crippen molar-refractivity contribution in [3.05, 3.63) is 104 Å². The highest BCUT2D eigenvalue weighted by molar-refractivity contribution is 6.32. The van der Waals surface area contributed by atoms with Gasteiger partial charge in [0.15, 0.2) is 0 Å². The van der Waals surface area contributed by atoms with Gasteiger partial charge in [-0.25, -0.2) is 0 Å². The number of nitrogens with zero attached hydrogens (tertiary/aromatic N) is 1. The van der Waals surface area contributed by atoms with Crippen molar-refractivity contribution < 1.29 is 4.79 Å². The van der Waals surface area contributed by atoms with E-state index in [2.05, 4.69) is 49.4 Å². The van der Waals surface area contributed by atoms with Crippen LogP contribution in [-0.4, -0.2) is 5.91 Å². The summed E-state index contributed by atoms with van der Waals surface area (Å²) in [7, 11) is 0. The maximum absolute atomic E-state index is 11.9.